The summed E-state index contributed by atoms with van der Waals surface area (Å²) in [5.74, 6) is 1.96. The van der Waals surface area contributed by atoms with Crippen LogP contribution in [0.2, 0.25) is 0 Å². The van der Waals surface area contributed by atoms with Crippen molar-refractivity contribution in [2.24, 2.45) is 0 Å². The molecule has 3 heterocycles. The number of nitrogens with zero attached hydrogens (tertiary/aromatic N) is 3. The Morgan fingerprint density at radius 2 is 2.07 bits per heavy atom. The quantitative estimate of drug-likeness (QED) is 0.675. The number of rotatable bonds is 7. The number of hydrogen-bond acceptors (Lipinski definition) is 7. The Morgan fingerprint density at radius 3 is 2.86 bits per heavy atom. The van der Waals surface area contributed by atoms with Gasteiger partial charge in [0, 0.05) is 30.6 Å². The van der Waals surface area contributed by atoms with E-state index < -0.39 is 0 Å². The SMILES string of the molecule is COCC1(c2nc(-c3cccc(OCc4cccnc4)c3)no2)CCNCC1. The molecule has 3 aromatic rings. The van der Waals surface area contributed by atoms with E-state index in [1.807, 2.05) is 36.4 Å². The third kappa shape index (κ3) is 4.05. The molecule has 7 heteroatoms. The van der Waals surface area contributed by atoms with E-state index in [1.54, 1.807) is 19.5 Å². The minimum atomic E-state index is -0.223. The van der Waals surface area contributed by atoms with Gasteiger partial charge in [-0.25, -0.2) is 0 Å². The van der Waals surface area contributed by atoms with E-state index in [4.69, 9.17) is 19.0 Å². The molecule has 1 saturated heterocycles. The third-order valence-electron chi connectivity index (χ3n) is 5.08. The lowest BCUT2D eigenvalue weighted by Gasteiger charge is -2.33. The van der Waals surface area contributed by atoms with Gasteiger partial charge in [0.25, 0.3) is 0 Å². The van der Waals surface area contributed by atoms with Crippen molar-refractivity contribution >= 4 is 0 Å². The number of ether oxygens (including phenoxy) is 2. The largest absolute Gasteiger partial charge is 0.489 e. The first kappa shape index (κ1) is 18.6. The highest BCUT2D eigenvalue weighted by Crippen LogP contribution is 2.34. The number of pyridine rings is 1. The number of aromatic nitrogens is 3. The van der Waals surface area contributed by atoms with Gasteiger partial charge in [-0.15, -0.1) is 0 Å². The lowest BCUT2D eigenvalue weighted by atomic mass is 9.79. The Hall–Kier alpha value is -2.77. The highest BCUT2D eigenvalue weighted by Gasteiger charge is 2.39. The molecule has 0 aliphatic carbocycles. The van der Waals surface area contributed by atoms with Crippen molar-refractivity contribution in [2.75, 3.05) is 26.8 Å². The lowest BCUT2D eigenvalue weighted by Crippen LogP contribution is -2.43. The summed E-state index contributed by atoms with van der Waals surface area (Å²) in [5.41, 5.74) is 1.65. The van der Waals surface area contributed by atoms with E-state index in [1.165, 1.54) is 0 Å². The maximum absolute atomic E-state index is 5.88. The van der Waals surface area contributed by atoms with Crippen LogP contribution in [0.5, 0.6) is 5.75 Å². The molecule has 0 spiro atoms. The number of nitrogens with one attached hydrogen (secondary N) is 1. The Bertz CT molecular complexity index is 886. The van der Waals surface area contributed by atoms with Gasteiger partial charge < -0.3 is 19.3 Å². The standard InChI is InChI=1S/C21H24N4O3/c1-26-15-21(7-10-22-11-8-21)20-24-19(25-28-20)17-5-2-6-18(12-17)27-14-16-4-3-9-23-13-16/h2-6,9,12-13,22H,7-8,10-11,14-15H2,1H3. The second kappa shape index (κ2) is 8.50. The summed E-state index contributed by atoms with van der Waals surface area (Å²) in [4.78, 5) is 8.81. The van der Waals surface area contributed by atoms with E-state index in [9.17, 15) is 0 Å². The normalized spacial score (nSPS) is 16.0. The van der Waals surface area contributed by atoms with Crippen molar-refractivity contribution < 1.29 is 14.0 Å². The van der Waals surface area contributed by atoms with E-state index in [0.717, 1.165) is 42.8 Å². The predicted molar refractivity (Wildman–Crippen MR) is 104 cm³/mol. The van der Waals surface area contributed by atoms with Crippen LogP contribution in [0.25, 0.3) is 11.4 Å². The van der Waals surface area contributed by atoms with Crippen LogP contribution in [0.15, 0.2) is 53.3 Å². The maximum atomic E-state index is 5.88. The average Bonchev–Trinajstić information content (AvgIpc) is 3.25. The molecule has 0 saturated carbocycles. The van der Waals surface area contributed by atoms with Crippen molar-refractivity contribution in [1.82, 2.24) is 20.4 Å². The molecule has 0 unspecified atom stereocenters. The molecule has 2 aromatic heterocycles. The zero-order valence-electron chi connectivity index (χ0n) is 15.9. The molecule has 28 heavy (non-hydrogen) atoms. The van der Waals surface area contributed by atoms with Crippen molar-refractivity contribution in [1.29, 1.82) is 0 Å². The van der Waals surface area contributed by atoms with Gasteiger partial charge >= 0.3 is 0 Å². The molecule has 0 radical (unpaired) electrons. The zero-order valence-corrected chi connectivity index (χ0v) is 15.9. The summed E-state index contributed by atoms with van der Waals surface area (Å²) in [6.07, 6.45) is 5.37. The summed E-state index contributed by atoms with van der Waals surface area (Å²) >= 11 is 0. The molecule has 7 nitrogen and oxygen atoms in total. The van der Waals surface area contributed by atoms with Gasteiger partial charge in [0.05, 0.1) is 12.0 Å². The van der Waals surface area contributed by atoms with Crippen LogP contribution in [0.4, 0.5) is 0 Å². The zero-order chi connectivity index (χ0) is 19.2. The molecular formula is C21H24N4O3. The van der Waals surface area contributed by atoms with Crippen LogP contribution < -0.4 is 10.1 Å². The Labute approximate surface area is 164 Å². The fourth-order valence-corrected chi connectivity index (χ4v) is 3.53. The Balaban J connectivity index is 1.52. The molecule has 1 fully saturated rings. The van der Waals surface area contributed by atoms with Crippen LogP contribution in [0, 0.1) is 0 Å². The van der Waals surface area contributed by atoms with Crippen molar-refractivity contribution in [3.63, 3.8) is 0 Å². The van der Waals surface area contributed by atoms with Gasteiger partial charge in [-0.1, -0.05) is 23.4 Å². The fraction of sp³-hybridized carbons (Fsp3) is 0.381. The van der Waals surface area contributed by atoms with E-state index in [-0.39, 0.29) is 5.41 Å². The van der Waals surface area contributed by atoms with Crippen molar-refractivity contribution in [3.8, 4) is 17.1 Å². The fourth-order valence-electron chi connectivity index (χ4n) is 3.53. The number of benzene rings is 1. The smallest absolute Gasteiger partial charge is 0.235 e. The van der Waals surface area contributed by atoms with Crippen LogP contribution in [-0.2, 0) is 16.8 Å². The Morgan fingerprint density at radius 1 is 1.18 bits per heavy atom. The second-order valence-electron chi connectivity index (χ2n) is 7.06. The lowest BCUT2D eigenvalue weighted by molar-refractivity contribution is 0.0850. The first-order valence-electron chi connectivity index (χ1n) is 9.45. The minimum absolute atomic E-state index is 0.223. The number of methoxy groups -OCH3 is 1. The number of hydrogen-bond donors (Lipinski definition) is 1. The Kier molecular flexibility index (Phi) is 5.64. The molecule has 1 N–H and O–H groups in total. The topological polar surface area (TPSA) is 82.3 Å². The first-order valence-corrected chi connectivity index (χ1v) is 9.45. The van der Waals surface area contributed by atoms with Crippen molar-refractivity contribution in [3.05, 3.63) is 60.2 Å². The molecule has 0 atom stereocenters. The average molecular weight is 380 g/mol. The summed E-state index contributed by atoms with van der Waals surface area (Å²) in [6, 6.07) is 11.6. The molecule has 1 aliphatic rings. The van der Waals surface area contributed by atoms with Gasteiger partial charge in [-0.05, 0) is 44.1 Å². The molecule has 1 aliphatic heterocycles. The monoisotopic (exact) mass is 380 g/mol. The highest BCUT2D eigenvalue weighted by atomic mass is 16.5. The van der Waals surface area contributed by atoms with Gasteiger partial charge in [0.15, 0.2) is 0 Å². The van der Waals surface area contributed by atoms with Crippen LogP contribution >= 0.6 is 0 Å². The summed E-state index contributed by atoms with van der Waals surface area (Å²) in [5, 5.41) is 7.60. The summed E-state index contributed by atoms with van der Waals surface area (Å²) < 4.78 is 17.0. The van der Waals surface area contributed by atoms with Gasteiger partial charge in [-0.3, -0.25) is 4.98 Å². The van der Waals surface area contributed by atoms with Gasteiger partial charge in [0.1, 0.15) is 12.4 Å². The first-order chi connectivity index (χ1) is 13.8. The molecular weight excluding hydrogens is 356 g/mol. The van der Waals surface area contributed by atoms with E-state index in [0.29, 0.717) is 24.9 Å². The molecule has 1 aromatic carbocycles. The van der Waals surface area contributed by atoms with Crippen LogP contribution in [0.3, 0.4) is 0 Å². The summed E-state index contributed by atoms with van der Waals surface area (Å²) in [7, 11) is 1.71. The van der Waals surface area contributed by atoms with E-state index in [2.05, 4.69) is 15.5 Å². The van der Waals surface area contributed by atoms with E-state index >= 15 is 0 Å². The van der Waals surface area contributed by atoms with Crippen LogP contribution in [0.1, 0.15) is 24.3 Å². The summed E-state index contributed by atoms with van der Waals surface area (Å²) in [6.45, 7) is 2.86. The van der Waals surface area contributed by atoms with Crippen LogP contribution in [-0.4, -0.2) is 41.9 Å². The van der Waals surface area contributed by atoms with Gasteiger partial charge in [-0.2, -0.15) is 4.98 Å². The maximum Gasteiger partial charge on any atom is 0.235 e. The van der Waals surface area contributed by atoms with Gasteiger partial charge in [0.2, 0.25) is 11.7 Å². The second-order valence-corrected chi connectivity index (χ2v) is 7.06. The highest BCUT2D eigenvalue weighted by molar-refractivity contribution is 5.57. The molecule has 0 amide bonds. The van der Waals surface area contributed by atoms with Crippen molar-refractivity contribution in [2.45, 2.75) is 24.9 Å². The predicted octanol–water partition coefficient (Wildman–Crippen LogP) is 2.98. The molecule has 146 valence electrons. The number of piperidine rings is 1. The third-order valence-corrected chi connectivity index (χ3v) is 5.08. The molecule has 4 rings (SSSR count). The molecule has 0 bridgehead atoms. The minimum Gasteiger partial charge on any atom is -0.489 e.